The Bertz CT molecular complexity index is 398. The minimum atomic E-state index is -0.752. The smallest absolute Gasteiger partial charge is 0.282 e. The Morgan fingerprint density at radius 3 is 2.47 bits per heavy atom. The summed E-state index contributed by atoms with van der Waals surface area (Å²) in [5, 5.41) is -0.682. The van der Waals surface area contributed by atoms with Crippen LogP contribution in [-0.2, 0) is 0 Å². The van der Waals surface area contributed by atoms with Gasteiger partial charge >= 0.3 is 0 Å². The summed E-state index contributed by atoms with van der Waals surface area (Å²) in [6.45, 7) is 0. The van der Waals surface area contributed by atoms with Gasteiger partial charge in [-0.15, -0.1) is 0 Å². The lowest BCUT2D eigenvalue weighted by Crippen LogP contribution is -2.21. The van der Waals surface area contributed by atoms with Crippen molar-refractivity contribution in [2.75, 3.05) is 19.1 Å². The van der Waals surface area contributed by atoms with Gasteiger partial charge in [0.1, 0.15) is 0 Å². The molecule has 1 aromatic carbocycles. The Balaban J connectivity index is 3.21. The summed E-state index contributed by atoms with van der Waals surface area (Å²) in [5.41, 5.74) is -0.187. The second kappa shape index (κ2) is 4.48. The number of benzene rings is 1. The summed E-state index contributed by atoms with van der Waals surface area (Å²) in [7, 11) is 2.52. The van der Waals surface area contributed by atoms with Gasteiger partial charge in [-0.05, 0) is 0 Å². The van der Waals surface area contributed by atoms with E-state index in [4.69, 9.17) is 0 Å². The Kier molecular flexibility index (Phi) is 3.52. The Hall–Kier alpha value is -1.30. The minimum absolute atomic E-state index is 0.187. The quantitative estimate of drug-likeness (QED) is 0.795. The number of ether oxygens (including phenoxy) is 1. The molecule has 0 fully saturated rings. The summed E-state index contributed by atoms with van der Waals surface area (Å²) in [5.74, 6) is -1.70. The highest BCUT2D eigenvalue weighted by Crippen LogP contribution is 2.27. The predicted molar refractivity (Wildman–Crippen MR) is 55.7 cm³/mol. The molecule has 6 heteroatoms. The van der Waals surface area contributed by atoms with E-state index in [2.05, 4.69) is 17.4 Å². The number of amides is 1. The van der Waals surface area contributed by atoms with Gasteiger partial charge in [0.2, 0.25) is 0 Å². The molecule has 1 rings (SSSR count). The number of rotatable bonds is 2. The summed E-state index contributed by atoms with van der Waals surface area (Å²) in [6, 6.07) is 1.75. The van der Waals surface area contributed by atoms with Crippen LogP contribution in [0.25, 0.3) is 0 Å². The molecule has 0 saturated heterocycles. The Morgan fingerprint density at radius 2 is 2.00 bits per heavy atom. The normalized spacial score (nSPS) is 9.93. The zero-order chi connectivity index (χ0) is 11.6. The van der Waals surface area contributed by atoms with Crippen LogP contribution in [0.15, 0.2) is 12.1 Å². The monoisotopic (exact) mass is 233 g/mol. The maximum absolute atomic E-state index is 13.4. The summed E-state index contributed by atoms with van der Waals surface area (Å²) in [4.78, 5) is 11.7. The maximum Gasteiger partial charge on any atom is 0.282 e. The van der Waals surface area contributed by atoms with Gasteiger partial charge in [0.05, 0.1) is 12.8 Å². The zero-order valence-electron chi connectivity index (χ0n) is 8.12. The largest absolute Gasteiger partial charge is 0.494 e. The minimum Gasteiger partial charge on any atom is -0.494 e. The number of hydrogen-bond donors (Lipinski definition) is 1. The lowest BCUT2D eigenvalue weighted by atomic mass is 10.2. The molecule has 0 aliphatic carbocycles. The van der Waals surface area contributed by atoms with Crippen LogP contribution in [0.4, 0.5) is 19.3 Å². The fourth-order valence-electron chi connectivity index (χ4n) is 1.03. The first-order valence-electron chi connectivity index (χ1n) is 3.97. The van der Waals surface area contributed by atoms with Crippen molar-refractivity contribution in [3.05, 3.63) is 23.8 Å². The van der Waals surface area contributed by atoms with E-state index in [9.17, 15) is 13.6 Å². The maximum atomic E-state index is 13.4. The lowest BCUT2D eigenvalue weighted by molar-refractivity contribution is 0.266. The molecular weight excluding hydrogens is 224 g/mol. The molecule has 1 amide bonds. The molecule has 0 aromatic heterocycles. The van der Waals surface area contributed by atoms with Crippen LogP contribution in [0.3, 0.4) is 0 Å². The number of nitrogens with zero attached hydrogens (tertiary/aromatic N) is 1. The molecule has 0 bridgehead atoms. The molecule has 0 heterocycles. The topological polar surface area (TPSA) is 29.5 Å². The lowest BCUT2D eigenvalue weighted by Gasteiger charge is -2.15. The van der Waals surface area contributed by atoms with Crippen LogP contribution >= 0.6 is 12.6 Å². The van der Waals surface area contributed by atoms with Crippen LogP contribution in [0.5, 0.6) is 5.75 Å². The van der Waals surface area contributed by atoms with Crippen LogP contribution < -0.4 is 9.64 Å². The van der Waals surface area contributed by atoms with Gasteiger partial charge < -0.3 is 9.64 Å². The number of carbonyl (C=O) groups is 1. The first-order valence-corrected chi connectivity index (χ1v) is 4.41. The van der Waals surface area contributed by atoms with E-state index in [1.54, 1.807) is 0 Å². The fourth-order valence-corrected chi connectivity index (χ4v) is 1.14. The number of thiol groups is 1. The van der Waals surface area contributed by atoms with Gasteiger partial charge in [-0.1, -0.05) is 12.6 Å². The van der Waals surface area contributed by atoms with E-state index >= 15 is 0 Å². The first kappa shape index (κ1) is 11.8. The van der Waals surface area contributed by atoms with Gasteiger partial charge in [-0.3, -0.25) is 4.79 Å². The molecule has 3 nitrogen and oxygen atoms in total. The highest BCUT2D eigenvalue weighted by atomic mass is 32.1. The van der Waals surface area contributed by atoms with Gasteiger partial charge in [0, 0.05) is 19.2 Å². The van der Waals surface area contributed by atoms with E-state index < -0.39 is 16.9 Å². The van der Waals surface area contributed by atoms with E-state index in [1.165, 1.54) is 14.2 Å². The summed E-state index contributed by atoms with van der Waals surface area (Å²) < 4.78 is 31.1. The molecule has 0 unspecified atom stereocenters. The Morgan fingerprint density at radius 1 is 1.40 bits per heavy atom. The average molecular weight is 233 g/mol. The summed E-state index contributed by atoms with van der Waals surface area (Å²) >= 11 is 3.50. The number of anilines is 1. The second-order valence-corrected chi connectivity index (χ2v) is 3.16. The van der Waals surface area contributed by atoms with E-state index in [1.807, 2.05) is 0 Å². The molecule has 82 valence electrons. The highest BCUT2D eigenvalue weighted by Gasteiger charge is 2.16. The molecular formula is C9H9F2NO2S. The molecule has 0 aliphatic rings. The van der Waals surface area contributed by atoms with Crippen molar-refractivity contribution in [3.63, 3.8) is 0 Å². The first-order chi connectivity index (χ1) is 6.97. The predicted octanol–water partition coefficient (Wildman–Crippen LogP) is 2.46. The van der Waals surface area contributed by atoms with Crippen molar-refractivity contribution < 1.29 is 18.3 Å². The van der Waals surface area contributed by atoms with Crippen molar-refractivity contribution in [2.24, 2.45) is 0 Å². The molecule has 0 aliphatic heterocycles. The SMILES string of the molecule is COc1cc(F)c(N(C)C(=O)S)cc1F. The van der Waals surface area contributed by atoms with Crippen LogP contribution in [0.2, 0.25) is 0 Å². The summed E-state index contributed by atoms with van der Waals surface area (Å²) in [6.07, 6.45) is 0. The highest BCUT2D eigenvalue weighted by molar-refractivity contribution is 7.96. The third-order valence-corrected chi connectivity index (χ3v) is 2.17. The standard InChI is InChI=1S/C9H9F2NO2S/c1-12(9(13)15)7-3-6(11)8(14-2)4-5(7)10/h3-4H,1-2H3,(H,13,15). The number of hydrogen-bond acceptors (Lipinski definition) is 2. The van der Waals surface area contributed by atoms with Gasteiger partial charge in [0.15, 0.2) is 17.4 Å². The molecule has 0 saturated carbocycles. The Labute approximate surface area is 91.0 Å². The van der Waals surface area contributed by atoms with Crippen molar-refractivity contribution in [1.29, 1.82) is 0 Å². The van der Waals surface area contributed by atoms with Crippen LogP contribution in [0, 0.1) is 11.6 Å². The zero-order valence-corrected chi connectivity index (χ0v) is 9.02. The molecule has 0 atom stereocenters. The van der Waals surface area contributed by atoms with Gasteiger partial charge in [0.25, 0.3) is 5.24 Å². The fraction of sp³-hybridized carbons (Fsp3) is 0.222. The third kappa shape index (κ3) is 2.38. The van der Waals surface area contributed by atoms with Crippen molar-refractivity contribution in [1.82, 2.24) is 0 Å². The van der Waals surface area contributed by atoms with Crippen molar-refractivity contribution in [3.8, 4) is 5.75 Å². The molecule has 0 N–H and O–H groups in total. The van der Waals surface area contributed by atoms with Crippen molar-refractivity contribution in [2.45, 2.75) is 0 Å². The third-order valence-electron chi connectivity index (χ3n) is 1.87. The second-order valence-electron chi connectivity index (χ2n) is 2.78. The molecule has 1 aromatic rings. The van der Waals surface area contributed by atoms with Gasteiger partial charge in [-0.2, -0.15) is 0 Å². The molecule has 0 spiro atoms. The average Bonchev–Trinajstić information content (AvgIpc) is 2.19. The number of halogens is 2. The van der Waals surface area contributed by atoms with Crippen LogP contribution in [0.1, 0.15) is 0 Å². The van der Waals surface area contributed by atoms with E-state index in [0.717, 1.165) is 17.0 Å². The number of methoxy groups -OCH3 is 1. The van der Waals surface area contributed by atoms with E-state index in [-0.39, 0.29) is 11.4 Å². The molecule has 0 radical (unpaired) electrons. The van der Waals surface area contributed by atoms with Gasteiger partial charge in [-0.25, -0.2) is 8.78 Å². The molecule has 15 heavy (non-hydrogen) atoms. The van der Waals surface area contributed by atoms with Crippen LogP contribution in [-0.4, -0.2) is 19.4 Å². The van der Waals surface area contributed by atoms with E-state index in [0.29, 0.717) is 0 Å². The van der Waals surface area contributed by atoms with Crippen molar-refractivity contribution >= 4 is 23.6 Å². The number of carbonyl (C=O) groups excluding carboxylic acids is 1.